The average Bonchev–Trinajstić information content (AvgIpc) is 3.08. The van der Waals surface area contributed by atoms with Gasteiger partial charge in [0.25, 0.3) is 0 Å². The van der Waals surface area contributed by atoms with E-state index in [-0.39, 0.29) is 7.43 Å². The fourth-order valence-electron chi connectivity index (χ4n) is 4.87. The van der Waals surface area contributed by atoms with E-state index in [9.17, 15) is 0 Å². The summed E-state index contributed by atoms with van der Waals surface area (Å²) in [5, 5.41) is 22.9. The van der Waals surface area contributed by atoms with Crippen LogP contribution in [0.5, 0.6) is 0 Å². The second kappa shape index (κ2) is 17.5. The summed E-state index contributed by atoms with van der Waals surface area (Å²) in [5.74, 6) is 1.15. The van der Waals surface area contributed by atoms with Gasteiger partial charge in [-0.25, -0.2) is 4.98 Å². The Morgan fingerprint density at radius 3 is 1.60 bits per heavy atom. The molecule has 4 nitrogen and oxygen atoms in total. The van der Waals surface area contributed by atoms with Crippen LogP contribution in [-0.4, -0.2) is 27.1 Å². The van der Waals surface area contributed by atoms with Crippen molar-refractivity contribution in [1.29, 1.82) is 0 Å². The van der Waals surface area contributed by atoms with Gasteiger partial charge in [-0.2, -0.15) is 0 Å². The first-order chi connectivity index (χ1) is 21.3. The summed E-state index contributed by atoms with van der Waals surface area (Å²) < 4.78 is 0. The highest BCUT2D eigenvalue weighted by Crippen LogP contribution is 2.28. The Morgan fingerprint density at radius 1 is 0.622 bits per heavy atom. The summed E-state index contributed by atoms with van der Waals surface area (Å²) in [6.45, 7) is 8.79. The Bertz CT molecular complexity index is 1750. The van der Waals surface area contributed by atoms with Gasteiger partial charge in [0.05, 0.1) is 5.69 Å². The molecule has 0 saturated heterocycles. The van der Waals surface area contributed by atoms with Crippen molar-refractivity contribution >= 4 is 45.7 Å². The van der Waals surface area contributed by atoms with Gasteiger partial charge in [-0.1, -0.05) is 144 Å². The molecule has 0 saturated carbocycles. The zero-order valence-electron chi connectivity index (χ0n) is 25.9. The van der Waals surface area contributed by atoms with Crippen LogP contribution in [-0.2, 0) is 0 Å². The van der Waals surface area contributed by atoms with E-state index < -0.39 is 7.12 Å². The zero-order chi connectivity index (χ0) is 31.5. The summed E-state index contributed by atoms with van der Waals surface area (Å²) >= 11 is 5.85. The molecule has 45 heavy (non-hydrogen) atoms. The maximum atomic E-state index is 8.87. The molecule has 6 rings (SSSR count). The van der Waals surface area contributed by atoms with Gasteiger partial charge in [0.15, 0.2) is 0 Å². The van der Waals surface area contributed by atoms with Crippen molar-refractivity contribution in [3.8, 4) is 11.3 Å². The quantitative estimate of drug-likeness (QED) is 0.144. The number of rotatable bonds is 6. The SMILES string of the molecule is C.CCC(C)c1ccc(-c2nccc3ccccc23)cc1.CCC(C)c1ccc(B(O)O)cc1.Clc1nccc2ccccc12. The summed E-state index contributed by atoms with van der Waals surface area (Å²) in [6, 6.07) is 36.6. The highest BCUT2D eigenvalue weighted by atomic mass is 35.5. The third-order valence-corrected chi connectivity index (χ3v) is 8.38. The lowest BCUT2D eigenvalue weighted by molar-refractivity contribution is 0.426. The fraction of sp³-hybridized carbons (Fsp3) is 0.231. The number of hydrogen-bond donors (Lipinski definition) is 2. The van der Waals surface area contributed by atoms with Gasteiger partial charge in [0.1, 0.15) is 5.15 Å². The first-order valence-electron chi connectivity index (χ1n) is 15.2. The molecule has 2 atom stereocenters. The average molecular weight is 619 g/mol. The maximum Gasteiger partial charge on any atom is 0.488 e. The Hall–Kier alpha value is -4.03. The zero-order valence-corrected chi connectivity index (χ0v) is 26.6. The van der Waals surface area contributed by atoms with Gasteiger partial charge in [0.2, 0.25) is 0 Å². The second-order valence-electron chi connectivity index (χ2n) is 11.0. The highest BCUT2D eigenvalue weighted by Gasteiger charge is 2.11. The molecule has 0 aliphatic rings. The minimum Gasteiger partial charge on any atom is -0.423 e. The van der Waals surface area contributed by atoms with Crippen molar-refractivity contribution < 1.29 is 10.0 Å². The first-order valence-corrected chi connectivity index (χ1v) is 15.6. The van der Waals surface area contributed by atoms with Gasteiger partial charge in [-0.15, -0.1) is 0 Å². The largest absolute Gasteiger partial charge is 0.488 e. The van der Waals surface area contributed by atoms with E-state index in [1.54, 1.807) is 18.3 Å². The Labute approximate surface area is 273 Å². The molecule has 4 aromatic carbocycles. The highest BCUT2D eigenvalue weighted by molar-refractivity contribution is 6.58. The van der Waals surface area contributed by atoms with Crippen molar-refractivity contribution in [3.05, 3.63) is 138 Å². The molecular formula is C39H44BClN2O2. The first kappa shape index (κ1) is 35.5. The van der Waals surface area contributed by atoms with Gasteiger partial charge < -0.3 is 10.0 Å². The molecule has 6 aromatic rings. The molecule has 0 aliphatic carbocycles. The minimum absolute atomic E-state index is 0. The molecule has 2 aromatic heterocycles. The smallest absolute Gasteiger partial charge is 0.423 e. The third kappa shape index (κ3) is 9.48. The Balaban J connectivity index is 0.000000193. The van der Waals surface area contributed by atoms with Crippen LogP contribution >= 0.6 is 11.6 Å². The molecule has 2 heterocycles. The predicted molar refractivity (Wildman–Crippen MR) is 194 cm³/mol. The van der Waals surface area contributed by atoms with Crippen LogP contribution in [0.25, 0.3) is 32.8 Å². The van der Waals surface area contributed by atoms with E-state index >= 15 is 0 Å². The number of aromatic nitrogens is 2. The van der Waals surface area contributed by atoms with Crippen molar-refractivity contribution in [2.45, 2.75) is 59.8 Å². The van der Waals surface area contributed by atoms with Crippen LogP contribution in [0, 0.1) is 0 Å². The fourth-order valence-corrected chi connectivity index (χ4v) is 5.10. The number of hydrogen-bond acceptors (Lipinski definition) is 4. The number of nitrogens with zero attached hydrogens (tertiary/aromatic N) is 2. The van der Waals surface area contributed by atoms with Gasteiger partial charge >= 0.3 is 7.12 Å². The summed E-state index contributed by atoms with van der Waals surface area (Å²) in [6.07, 6.45) is 5.87. The molecule has 6 heteroatoms. The Kier molecular flexibility index (Phi) is 13.8. The lowest BCUT2D eigenvalue weighted by Crippen LogP contribution is -2.29. The number of fused-ring (bicyclic) bond motifs is 2. The van der Waals surface area contributed by atoms with E-state index in [4.69, 9.17) is 21.6 Å². The van der Waals surface area contributed by atoms with E-state index in [1.165, 1.54) is 33.9 Å². The summed E-state index contributed by atoms with van der Waals surface area (Å²) in [4.78, 5) is 8.54. The monoisotopic (exact) mass is 618 g/mol. The van der Waals surface area contributed by atoms with Crippen LogP contribution in [0.3, 0.4) is 0 Å². The predicted octanol–water partition coefficient (Wildman–Crippen LogP) is 9.82. The van der Waals surface area contributed by atoms with E-state index in [0.717, 1.165) is 22.9 Å². The van der Waals surface area contributed by atoms with Gasteiger partial charge in [-0.05, 0) is 64.2 Å². The number of benzene rings is 4. The topological polar surface area (TPSA) is 66.2 Å². The molecule has 0 radical (unpaired) electrons. The van der Waals surface area contributed by atoms with Crippen LogP contribution in [0.15, 0.2) is 122 Å². The van der Waals surface area contributed by atoms with Crippen molar-refractivity contribution in [2.24, 2.45) is 0 Å². The molecule has 0 spiro atoms. The normalized spacial score (nSPS) is 11.7. The lowest BCUT2D eigenvalue weighted by atomic mass is 9.79. The molecule has 0 fully saturated rings. The second-order valence-corrected chi connectivity index (χ2v) is 11.3. The van der Waals surface area contributed by atoms with Crippen molar-refractivity contribution in [3.63, 3.8) is 0 Å². The van der Waals surface area contributed by atoms with E-state index in [1.807, 2.05) is 48.7 Å². The minimum atomic E-state index is -1.36. The van der Waals surface area contributed by atoms with E-state index in [2.05, 4.69) is 92.3 Å². The van der Waals surface area contributed by atoms with Crippen LogP contribution < -0.4 is 5.46 Å². The molecule has 0 bridgehead atoms. The van der Waals surface area contributed by atoms with Crippen molar-refractivity contribution in [1.82, 2.24) is 9.97 Å². The molecule has 0 aliphatic heterocycles. The Morgan fingerprint density at radius 2 is 1.09 bits per heavy atom. The molecule has 232 valence electrons. The standard InChI is InChI=1S/C19H19N.C10H15BO2.C9H6ClN.CH4/c1-3-14(2)15-8-10-17(11-9-15)19-18-7-5-4-6-16(18)12-13-20-19;1-3-8(2)9-4-6-10(7-5-9)11(12)13;10-9-8-4-2-1-3-7(8)5-6-11-9;/h4-14H,3H2,1-2H3;4-8,12-13H,3H2,1-2H3;1-6H;1H4. The molecule has 2 N–H and O–H groups in total. The van der Waals surface area contributed by atoms with Crippen LogP contribution in [0.2, 0.25) is 5.15 Å². The summed E-state index contributed by atoms with van der Waals surface area (Å²) in [7, 11) is -1.36. The molecule has 2 unspecified atom stereocenters. The molecule has 0 amide bonds. The van der Waals surface area contributed by atoms with Gasteiger partial charge in [0, 0.05) is 28.7 Å². The number of halogens is 1. The summed E-state index contributed by atoms with van der Waals surface area (Å²) in [5.41, 5.74) is 5.45. The van der Waals surface area contributed by atoms with E-state index in [0.29, 0.717) is 22.5 Å². The van der Waals surface area contributed by atoms with Gasteiger partial charge in [-0.3, -0.25) is 4.98 Å². The maximum absolute atomic E-state index is 8.87. The van der Waals surface area contributed by atoms with Crippen LogP contribution in [0.4, 0.5) is 0 Å². The number of pyridine rings is 2. The van der Waals surface area contributed by atoms with Crippen molar-refractivity contribution in [2.75, 3.05) is 0 Å². The lowest BCUT2D eigenvalue weighted by Gasteiger charge is -2.10. The third-order valence-electron chi connectivity index (χ3n) is 8.08. The van der Waals surface area contributed by atoms with Crippen LogP contribution in [0.1, 0.15) is 70.9 Å². The molecular weight excluding hydrogens is 575 g/mol.